The Morgan fingerprint density at radius 3 is 1.80 bits per heavy atom. The highest BCUT2D eigenvalue weighted by Crippen LogP contribution is 2.20. The Kier molecular flexibility index (Phi) is 7.40. The van der Waals surface area contributed by atoms with Gasteiger partial charge in [0.15, 0.2) is 5.78 Å². The van der Waals surface area contributed by atoms with Crippen molar-refractivity contribution in [2.45, 2.75) is 6.92 Å². The second-order valence-electron chi connectivity index (χ2n) is 6.63. The molecule has 0 saturated heterocycles. The third-order valence-corrected chi connectivity index (χ3v) is 4.45. The Morgan fingerprint density at radius 1 is 0.700 bits per heavy atom. The largest absolute Gasteiger partial charge is 0.491 e. The van der Waals surface area contributed by atoms with E-state index in [0.29, 0.717) is 30.1 Å². The number of carbonyl (C=O) groups is 2. The van der Waals surface area contributed by atoms with Gasteiger partial charge in [-0.1, -0.05) is 18.2 Å². The van der Waals surface area contributed by atoms with Crippen LogP contribution < -0.4 is 9.47 Å². The van der Waals surface area contributed by atoms with Crippen LogP contribution in [0.15, 0.2) is 60.7 Å². The summed E-state index contributed by atoms with van der Waals surface area (Å²) in [5.74, 6) is 0.987. The van der Waals surface area contributed by atoms with E-state index in [2.05, 4.69) is 0 Å². The van der Waals surface area contributed by atoms with Crippen LogP contribution in [0.5, 0.6) is 11.5 Å². The number of benzene rings is 3. The van der Waals surface area contributed by atoms with Crippen LogP contribution in [-0.4, -0.2) is 45.3 Å². The maximum absolute atomic E-state index is 12.3. The topological polar surface area (TPSA) is 71.1 Å². The van der Waals surface area contributed by atoms with Gasteiger partial charge in [-0.3, -0.25) is 4.79 Å². The first kappa shape index (κ1) is 21.3. The van der Waals surface area contributed by atoms with E-state index in [-0.39, 0.29) is 19.0 Å². The first-order chi connectivity index (χ1) is 14.6. The molecule has 0 spiro atoms. The molecule has 6 nitrogen and oxygen atoms in total. The smallest absolute Gasteiger partial charge is 0.338 e. The van der Waals surface area contributed by atoms with Gasteiger partial charge in [0.05, 0.1) is 12.2 Å². The lowest BCUT2D eigenvalue weighted by Crippen LogP contribution is -2.12. The van der Waals surface area contributed by atoms with Crippen molar-refractivity contribution in [2.24, 2.45) is 0 Å². The van der Waals surface area contributed by atoms with Crippen molar-refractivity contribution in [1.29, 1.82) is 0 Å². The van der Waals surface area contributed by atoms with Crippen LogP contribution in [0.2, 0.25) is 0 Å². The average Bonchev–Trinajstić information content (AvgIpc) is 2.77. The molecule has 0 N–H and O–H groups in total. The molecule has 0 aliphatic heterocycles. The molecule has 0 aromatic heterocycles. The van der Waals surface area contributed by atoms with Gasteiger partial charge in [-0.05, 0) is 60.2 Å². The molecule has 3 rings (SSSR count). The summed E-state index contributed by atoms with van der Waals surface area (Å²) in [4.78, 5) is 23.8. The number of methoxy groups -OCH3 is 1. The molecule has 0 bridgehead atoms. The highest BCUT2D eigenvalue weighted by atomic mass is 16.6. The number of carbonyl (C=O) groups excluding carboxylic acids is 2. The lowest BCUT2D eigenvalue weighted by molar-refractivity contribution is 0.0450. The predicted molar refractivity (Wildman–Crippen MR) is 114 cm³/mol. The minimum atomic E-state index is -0.418. The van der Waals surface area contributed by atoms with Crippen molar-refractivity contribution in [1.82, 2.24) is 0 Å². The van der Waals surface area contributed by atoms with Gasteiger partial charge >= 0.3 is 5.97 Å². The molecule has 0 aliphatic rings. The molecular formula is C24H24O6. The molecule has 3 aromatic carbocycles. The van der Waals surface area contributed by atoms with Crippen molar-refractivity contribution in [3.63, 3.8) is 0 Å². The van der Waals surface area contributed by atoms with Gasteiger partial charge in [0.1, 0.15) is 31.3 Å². The second kappa shape index (κ2) is 10.4. The number of ketones is 1. The Morgan fingerprint density at radius 2 is 1.23 bits per heavy atom. The van der Waals surface area contributed by atoms with Crippen molar-refractivity contribution in [3.8, 4) is 11.5 Å². The Labute approximate surface area is 175 Å². The number of rotatable bonds is 10. The summed E-state index contributed by atoms with van der Waals surface area (Å²) in [5.41, 5.74) is 1.10. The summed E-state index contributed by atoms with van der Waals surface area (Å²) in [6.07, 6.45) is 0. The molecule has 0 unspecified atom stereocenters. The number of fused-ring (bicyclic) bond motifs is 1. The minimum absolute atomic E-state index is 0.00800. The number of hydrogen-bond donors (Lipinski definition) is 0. The molecule has 3 aromatic rings. The molecule has 0 radical (unpaired) electrons. The quantitative estimate of drug-likeness (QED) is 0.283. The molecule has 156 valence electrons. The summed E-state index contributed by atoms with van der Waals surface area (Å²) in [5, 5.41) is 1.77. The van der Waals surface area contributed by atoms with E-state index in [4.69, 9.17) is 18.9 Å². The predicted octanol–water partition coefficient (Wildman–Crippen LogP) is 4.30. The number of Topliss-reactive ketones (excluding diaryl/α,β-unsaturated/α-hetero) is 1. The normalized spacial score (nSPS) is 10.6. The van der Waals surface area contributed by atoms with Gasteiger partial charge in [0.25, 0.3) is 0 Å². The zero-order chi connectivity index (χ0) is 21.3. The van der Waals surface area contributed by atoms with E-state index >= 15 is 0 Å². The summed E-state index contributed by atoms with van der Waals surface area (Å²) < 4.78 is 21.3. The zero-order valence-electron chi connectivity index (χ0n) is 17.1. The van der Waals surface area contributed by atoms with Crippen LogP contribution in [0.25, 0.3) is 10.8 Å². The fourth-order valence-corrected chi connectivity index (χ4v) is 2.84. The van der Waals surface area contributed by atoms with E-state index in [1.165, 1.54) is 6.92 Å². The molecule has 0 aliphatic carbocycles. The summed E-state index contributed by atoms with van der Waals surface area (Å²) >= 11 is 0. The summed E-state index contributed by atoms with van der Waals surface area (Å²) in [6, 6.07) is 17.9. The van der Waals surface area contributed by atoms with Crippen molar-refractivity contribution in [3.05, 3.63) is 71.8 Å². The van der Waals surface area contributed by atoms with E-state index in [1.807, 2.05) is 30.3 Å². The fourth-order valence-electron chi connectivity index (χ4n) is 2.84. The number of esters is 1. The standard InChI is InChI=1S/C24H24O6/c1-17(25)18-3-4-20-16-21(6-5-19(20)15-18)24(26)30-14-13-29-23-9-7-22(8-10-23)28-12-11-27-2/h3-10,15-16H,11-14H2,1-2H3. The number of hydrogen-bond acceptors (Lipinski definition) is 6. The molecule has 30 heavy (non-hydrogen) atoms. The van der Waals surface area contributed by atoms with Crippen LogP contribution in [0.3, 0.4) is 0 Å². The van der Waals surface area contributed by atoms with Crippen LogP contribution in [0.4, 0.5) is 0 Å². The van der Waals surface area contributed by atoms with Crippen LogP contribution in [0.1, 0.15) is 27.6 Å². The summed E-state index contributed by atoms with van der Waals surface area (Å²) in [7, 11) is 1.62. The van der Waals surface area contributed by atoms with Crippen LogP contribution in [-0.2, 0) is 9.47 Å². The van der Waals surface area contributed by atoms with Gasteiger partial charge in [0.2, 0.25) is 0 Å². The van der Waals surface area contributed by atoms with E-state index < -0.39 is 5.97 Å². The Bertz CT molecular complexity index is 1010. The van der Waals surface area contributed by atoms with Crippen LogP contribution >= 0.6 is 0 Å². The molecular weight excluding hydrogens is 384 g/mol. The third-order valence-electron chi connectivity index (χ3n) is 4.45. The zero-order valence-corrected chi connectivity index (χ0v) is 17.1. The lowest BCUT2D eigenvalue weighted by Gasteiger charge is -2.09. The van der Waals surface area contributed by atoms with Crippen LogP contribution in [0, 0.1) is 0 Å². The monoisotopic (exact) mass is 408 g/mol. The van der Waals surface area contributed by atoms with Crippen molar-refractivity contribution in [2.75, 3.05) is 33.5 Å². The van der Waals surface area contributed by atoms with E-state index in [0.717, 1.165) is 16.5 Å². The average molecular weight is 408 g/mol. The minimum Gasteiger partial charge on any atom is -0.491 e. The van der Waals surface area contributed by atoms with E-state index in [1.54, 1.807) is 37.4 Å². The first-order valence-electron chi connectivity index (χ1n) is 9.63. The Hall–Kier alpha value is -3.38. The third kappa shape index (κ3) is 5.81. The van der Waals surface area contributed by atoms with Crippen molar-refractivity contribution < 1.29 is 28.5 Å². The van der Waals surface area contributed by atoms with E-state index in [9.17, 15) is 9.59 Å². The number of ether oxygens (including phenoxy) is 4. The van der Waals surface area contributed by atoms with Gasteiger partial charge in [-0.15, -0.1) is 0 Å². The highest BCUT2D eigenvalue weighted by Gasteiger charge is 2.09. The SMILES string of the molecule is COCCOc1ccc(OCCOC(=O)c2ccc3cc(C(C)=O)ccc3c2)cc1. The second-order valence-corrected chi connectivity index (χ2v) is 6.63. The molecule has 0 amide bonds. The van der Waals surface area contributed by atoms with Gasteiger partial charge < -0.3 is 18.9 Å². The maximum Gasteiger partial charge on any atom is 0.338 e. The maximum atomic E-state index is 12.3. The fraction of sp³-hybridized carbons (Fsp3) is 0.250. The first-order valence-corrected chi connectivity index (χ1v) is 9.63. The molecule has 0 fully saturated rings. The lowest BCUT2D eigenvalue weighted by atomic mass is 10.0. The molecule has 0 saturated carbocycles. The molecule has 0 atom stereocenters. The summed E-state index contributed by atoms with van der Waals surface area (Å²) in [6.45, 7) is 2.91. The van der Waals surface area contributed by atoms with Gasteiger partial charge in [0, 0.05) is 12.7 Å². The van der Waals surface area contributed by atoms with Gasteiger partial charge in [-0.25, -0.2) is 4.79 Å². The highest BCUT2D eigenvalue weighted by molar-refractivity contribution is 6.00. The van der Waals surface area contributed by atoms with Crippen molar-refractivity contribution >= 4 is 22.5 Å². The van der Waals surface area contributed by atoms with Gasteiger partial charge in [-0.2, -0.15) is 0 Å². The molecule has 0 heterocycles. The molecule has 6 heteroatoms. The Balaban J connectivity index is 1.47.